The standard InChI is InChI=1S/C23H14F2N4/c24-17-5-1-14(2-6-17)20-19-13-27-29-23(19)28-22(16-3-7-18(25)8-4-16)21(20)15-9-11-26-12-10-15/h1-13H,(H,27,28,29). The van der Waals surface area contributed by atoms with Gasteiger partial charge in [-0.25, -0.2) is 13.8 Å². The second-order valence-corrected chi connectivity index (χ2v) is 6.59. The molecule has 29 heavy (non-hydrogen) atoms. The van der Waals surface area contributed by atoms with Gasteiger partial charge in [0.05, 0.1) is 11.9 Å². The fourth-order valence-electron chi connectivity index (χ4n) is 3.50. The molecule has 0 atom stereocenters. The largest absolute Gasteiger partial charge is 0.265 e. The Kier molecular flexibility index (Phi) is 4.09. The number of halogens is 2. The van der Waals surface area contributed by atoms with E-state index in [0.717, 1.165) is 33.2 Å². The number of aromatic nitrogens is 4. The van der Waals surface area contributed by atoms with E-state index in [9.17, 15) is 8.78 Å². The first-order valence-electron chi connectivity index (χ1n) is 9.00. The van der Waals surface area contributed by atoms with Crippen molar-refractivity contribution in [3.8, 4) is 33.5 Å². The molecule has 0 saturated heterocycles. The molecule has 0 spiro atoms. The van der Waals surface area contributed by atoms with Crippen molar-refractivity contribution < 1.29 is 8.78 Å². The number of aromatic amines is 1. The lowest BCUT2D eigenvalue weighted by molar-refractivity contribution is 0.627. The molecule has 0 fully saturated rings. The summed E-state index contributed by atoms with van der Waals surface area (Å²) in [6.45, 7) is 0. The average molecular weight is 384 g/mol. The molecule has 0 aliphatic rings. The number of benzene rings is 2. The summed E-state index contributed by atoms with van der Waals surface area (Å²) in [7, 11) is 0. The maximum absolute atomic E-state index is 13.6. The van der Waals surface area contributed by atoms with Crippen LogP contribution in [0.1, 0.15) is 0 Å². The molecule has 0 amide bonds. The molecule has 1 N–H and O–H groups in total. The Labute approximate surface area is 164 Å². The molecule has 0 saturated carbocycles. The number of H-pyrrole nitrogens is 1. The van der Waals surface area contributed by atoms with Crippen LogP contribution in [0.3, 0.4) is 0 Å². The Hall–Kier alpha value is -3.93. The van der Waals surface area contributed by atoms with Crippen molar-refractivity contribution in [2.75, 3.05) is 0 Å². The highest BCUT2D eigenvalue weighted by molar-refractivity contribution is 6.05. The summed E-state index contributed by atoms with van der Waals surface area (Å²) in [4.78, 5) is 8.89. The van der Waals surface area contributed by atoms with Crippen LogP contribution in [-0.4, -0.2) is 20.2 Å². The molecule has 140 valence electrons. The van der Waals surface area contributed by atoms with Gasteiger partial charge in [-0.3, -0.25) is 10.1 Å². The smallest absolute Gasteiger partial charge is 0.156 e. The van der Waals surface area contributed by atoms with Crippen molar-refractivity contribution in [1.82, 2.24) is 20.2 Å². The first kappa shape index (κ1) is 17.2. The number of fused-ring (bicyclic) bond motifs is 1. The molecule has 5 rings (SSSR count). The number of nitrogens with zero attached hydrogens (tertiary/aromatic N) is 3. The van der Waals surface area contributed by atoms with Crippen molar-refractivity contribution in [3.63, 3.8) is 0 Å². The molecule has 2 aromatic carbocycles. The summed E-state index contributed by atoms with van der Waals surface area (Å²) in [5.41, 5.74) is 5.48. The highest BCUT2D eigenvalue weighted by Gasteiger charge is 2.20. The third kappa shape index (κ3) is 3.04. The van der Waals surface area contributed by atoms with E-state index < -0.39 is 0 Å². The van der Waals surface area contributed by atoms with Gasteiger partial charge in [-0.1, -0.05) is 12.1 Å². The lowest BCUT2D eigenvalue weighted by Gasteiger charge is -2.16. The minimum atomic E-state index is -0.319. The van der Waals surface area contributed by atoms with Crippen LogP contribution in [0.15, 0.2) is 79.3 Å². The summed E-state index contributed by atoms with van der Waals surface area (Å²) < 4.78 is 27.1. The summed E-state index contributed by atoms with van der Waals surface area (Å²) in [6.07, 6.45) is 5.12. The third-order valence-electron chi connectivity index (χ3n) is 4.82. The Morgan fingerprint density at radius 1 is 0.655 bits per heavy atom. The minimum Gasteiger partial charge on any atom is -0.265 e. The van der Waals surface area contributed by atoms with Gasteiger partial charge in [-0.2, -0.15) is 5.10 Å². The molecule has 3 heterocycles. The zero-order chi connectivity index (χ0) is 19.8. The second-order valence-electron chi connectivity index (χ2n) is 6.59. The zero-order valence-electron chi connectivity index (χ0n) is 15.1. The van der Waals surface area contributed by atoms with Gasteiger partial charge in [0.2, 0.25) is 0 Å². The Balaban J connectivity index is 1.92. The van der Waals surface area contributed by atoms with Gasteiger partial charge in [-0.05, 0) is 59.7 Å². The van der Waals surface area contributed by atoms with Gasteiger partial charge in [0.1, 0.15) is 11.6 Å². The normalized spacial score (nSPS) is 11.1. The van der Waals surface area contributed by atoms with Crippen LogP contribution in [-0.2, 0) is 0 Å². The molecule has 0 aliphatic carbocycles. The predicted octanol–water partition coefficient (Wildman–Crippen LogP) is 5.63. The van der Waals surface area contributed by atoms with E-state index >= 15 is 0 Å². The fraction of sp³-hybridized carbons (Fsp3) is 0. The summed E-state index contributed by atoms with van der Waals surface area (Å²) in [6, 6.07) is 16.3. The summed E-state index contributed by atoms with van der Waals surface area (Å²) in [5.74, 6) is -0.629. The molecule has 0 bridgehead atoms. The van der Waals surface area contributed by atoms with Crippen LogP contribution in [0, 0.1) is 11.6 Å². The van der Waals surface area contributed by atoms with E-state index in [0.29, 0.717) is 11.3 Å². The van der Waals surface area contributed by atoms with Crippen molar-refractivity contribution >= 4 is 11.0 Å². The van der Waals surface area contributed by atoms with Crippen LogP contribution in [0.25, 0.3) is 44.5 Å². The van der Waals surface area contributed by atoms with Gasteiger partial charge in [0.15, 0.2) is 5.65 Å². The van der Waals surface area contributed by atoms with Gasteiger partial charge in [0.25, 0.3) is 0 Å². The number of nitrogens with one attached hydrogen (secondary N) is 1. The third-order valence-corrected chi connectivity index (χ3v) is 4.82. The van der Waals surface area contributed by atoms with Crippen molar-refractivity contribution in [2.24, 2.45) is 0 Å². The average Bonchev–Trinajstić information content (AvgIpc) is 3.23. The Bertz CT molecular complexity index is 1300. The molecular formula is C23H14F2N4. The summed E-state index contributed by atoms with van der Waals surface area (Å²) >= 11 is 0. The number of hydrogen-bond donors (Lipinski definition) is 1. The predicted molar refractivity (Wildman–Crippen MR) is 108 cm³/mol. The van der Waals surface area contributed by atoms with E-state index in [-0.39, 0.29) is 11.6 Å². The first-order valence-corrected chi connectivity index (χ1v) is 9.00. The van der Waals surface area contributed by atoms with E-state index in [1.807, 2.05) is 12.1 Å². The highest BCUT2D eigenvalue weighted by Crippen LogP contribution is 2.42. The van der Waals surface area contributed by atoms with Crippen LogP contribution in [0.4, 0.5) is 8.78 Å². The highest BCUT2D eigenvalue weighted by atomic mass is 19.1. The van der Waals surface area contributed by atoms with Crippen molar-refractivity contribution in [3.05, 3.63) is 90.9 Å². The lowest BCUT2D eigenvalue weighted by atomic mass is 9.90. The summed E-state index contributed by atoms with van der Waals surface area (Å²) in [5, 5.41) is 7.89. The van der Waals surface area contributed by atoms with Crippen LogP contribution in [0.5, 0.6) is 0 Å². The molecule has 0 aliphatic heterocycles. The molecule has 6 heteroatoms. The molecule has 4 nitrogen and oxygen atoms in total. The van der Waals surface area contributed by atoms with Crippen LogP contribution >= 0.6 is 0 Å². The second kappa shape index (κ2) is 6.91. The van der Waals surface area contributed by atoms with E-state index in [4.69, 9.17) is 4.98 Å². The molecule has 0 unspecified atom stereocenters. The first-order chi connectivity index (χ1) is 14.2. The Morgan fingerprint density at radius 3 is 1.90 bits per heavy atom. The van der Waals surface area contributed by atoms with Crippen molar-refractivity contribution in [2.45, 2.75) is 0 Å². The van der Waals surface area contributed by atoms with E-state index in [1.54, 1.807) is 42.9 Å². The van der Waals surface area contributed by atoms with Gasteiger partial charge in [-0.15, -0.1) is 0 Å². The number of rotatable bonds is 3. The maximum atomic E-state index is 13.6. The molecule has 5 aromatic rings. The topological polar surface area (TPSA) is 54.5 Å². The maximum Gasteiger partial charge on any atom is 0.156 e. The number of hydrogen-bond acceptors (Lipinski definition) is 3. The van der Waals surface area contributed by atoms with Crippen molar-refractivity contribution in [1.29, 1.82) is 0 Å². The Morgan fingerprint density at radius 2 is 1.24 bits per heavy atom. The van der Waals surface area contributed by atoms with Gasteiger partial charge >= 0.3 is 0 Å². The fourth-order valence-corrected chi connectivity index (χ4v) is 3.50. The molecule has 3 aromatic heterocycles. The number of pyridine rings is 2. The monoisotopic (exact) mass is 384 g/mol. The SMILES string of the molecule is Fc1ccc(-c2nc3[nH]ncc3c(-c3ccc(F)cc3)c2-c2ccncc2)cc1. The minimum absolute atomic E-state index is 0.310. The lowest BCUT2D eigenvalue weighted by Crippen LogP contribution is -1.96. The van der Waals surface area contributed by atoms with Gasteiger partial charge in [0, 0.05) is 34.5 Å². The zero-order valence-corrected chi connectivity index (χ0v) is 15.1. The van der Waals surface area contributed by atoms with Gasteiger partial charge < -0.3 is 0 Å². The van der Waals surface area contributed by atoms with E-state index in [1.165, 1.54) is 24.3 Å². The van der Waals surface area contributed by atoms with Crippen LogP contribution in [0.2, 0.25) is 0 Å². The molecule has 0 radical (unpaired) electrons. The molecular weight excluding hydrogens is 370 g/mol. The quantitative estimate of drug-likeness (QED) is 0.438. The van der Waals surface area contributed by atoms with E-state index in [2.05, 4.69) is 15.2 Å². The van der Waals surface area contributed by atoms with Crippen LogP contribution < -0.4 is 0 Å².